The molecule has 4 nitrogen and oxygen atoms in total. The van der Waals surface area contributed by atoms with E-state index in [1.807, 2.05) is 30.3 Å². The number of para-hydroxylation sites is 1. The summed E-state index contributed by atoms with van der Waals surface area (Å²) in [5.41, 5.74) is 2.45. The molecular weight excluding hydrogens is 178 g/mol. The van der Waals surface area contributed by atoms with Gasteiger partial charge in [-0.3, -0.25) is 10.6 Å². The lowest BCUT2D eigenvalue weighted by molar-refractivity contribution is -0.121. The van der Waals surface area contributed by atoms with Crippen molar-refractivity contribution >= 4 is 11.6 Å². The zero-order valence-electron chi connectivity index (χ0n) is 8.37. The Balaban J connectivity index is 2.67. The molecule has 0 aliphatic heterocycles. The summed E-state index contributed by atoms with van der Waals surface area (Å²) in [4.78, 5) is 11.6. The molecule has 1 aromatic rings. The van der Waals surface area contributed by atoms with Crippen molar-refractivity contribution in [2.45, 2.75) is 19.4 Å². The van der Waals surface area contributed by atoms with Crippen LogP contribution < -0.4 is 16.6 Å². The Kier molecular flexibility index (Phi) is 3.22. The maximum absolute atomic E-state index is 11.6. The van der Waals surface area contributed by atoms with Gasteiger partial charge in [0.05, 0.1) is 0 Å². The van der Waals surface area contributed by atoms with Crippen molar-refractivity contribution in [1.82, 2.24) is 5.43 Å². The number of hydrazine groups is 1. The fourth-order valence-electron chi connectivity index (χ4n) is 0.874. The van der Waals surface area contributed by atoms with E-state index in [0.717, 1.165) is 5.69 Å². The van der Waals surface area contributed by atoms with Crippen molar-refractivity contribution in [2.75, 3.05) is 5.32 Å². The zero-order valence-corrected chi connectivity index (χ0v) is 8.37. The van der Waals surface area contributed by atoms with Crippen LogP contribution in [-0.2, 0) is 4.79 Å². The van der Waals surface area contributed by atoms with Gasteiger partial charge in [0.2, 0.25) is 5.91 Å². The van der Waals surface area contributed by atoms with E-state index in [4.69, 9.17) is 5.84 Å². The molecule has 0 aliphatic rings. The SMILES string of the molecule is CC(C)(NN)C(=O)Nc1ccccc1. The minimum atomic E-state index is -0.768. The van der Waals surface area contributed by atoms with Crippen LogP contribution >= 0.6 is 0 Å². The first-order valence-corrected chi connectivity index (χ1v) is 4.40. The first kappa shape index (κ1) is 10.7. The van der Waals surface area contributed by atoms with Gasteiger partial charge in [0.15, 0.2) is 0 Å². The quantitative estimate of drug-likeness (QED) is 0.493. The van der Waals surface area contributed by atoms with Crippen LogP contribution in [0, 0.1) is 0 Å². The molecule has 0 aliphatic carbocycles. The third kappa shape index (κ3) is 2.55. The predicted molar refractivity (Wildman–Crippen MR) is 56.5 cm³/mol. The molecule has 1 rings (SSSR count). The van der Waals surface area contributed by atoms with Crippen molar-refractivity contribution in [3.05, 3.63) is 30.3 Å². The lowest BCUT2D eigenvalue weighted by Crippen LogP contribution is -2.53. The number of rotatable bonds is 3. The van der Waals surface area contributed by atoms with Crippen LogP contribution in [0.3, 0.4) is 0 Å². The van der Waals surface area contributed by atoms with Gasteiger partial charge in [-0.2, -0.15) is 0 Å². The van der Waals surface area contributed by atoms with Gasteiger partial charge in [-0.15, -0.1) is 0 Å². The van der Waals surface area contributed by atoms with Crippen molar-refractivity contribution in [1.29, 1.82) is 0 Å². The van der Waals surface area contributed by atoms with E-state index in [0.29, 0.717) is 0 Å². The predicted octanol–water partition coefficient (Wildman–Crippen LogP) is 0.867. The van der Waals surface area contributed by atoms with E-state index in [1.165, 1.54) is 0 Å². The number of amides is 1. The molecule has 0 atom stereocenters. The average molecular weight is 193 g/mol. The molecule has 0 saturated heterocycles. The molecule has 0 unspecified atom stereocenters. The second-order valence-corrected chi connectivity index (χ2v) is 3.59. The van der Waals surface area contributed by atoms with Crippen molar-refractivity contribution < 1.29 is 4.79 Å². The summed E-state index contributed by atoms with van der Waals surface area (Å²) in [7, 11) is 0. The number of anilines is 1. The van der Waals surface area contributed by atoms with Crippen LogP contribution in [0.5, 0.6) is 0 Å². The fraction of sp³-hybridized carbons (Fsp3) is 0.300. The molecule has 14 heavy (non-hydrogen) atoms. The molecular formula is C10H15N3O. The Bertz CT molecular complexity index is 308. The second kappa shape index (κ2) is 4.21. The molecule has 0 bridgehead atoms. The minimum absolute atomic E-state index is 0.161. The molecule has 0 aromatic heterocycles. The first-order chi connectivity index (χ1) is 6.56. The Labute approximate surface area is 83.5 Å². The molecule has 4 heteroatoms. The number of benzene rings is 1. The standard InChI is InChI=1S/C10H15N3O/c1-10(2,13-11)9(14)12-8-6-4-3-5-7-8/h3-7,13H,11H2,1-2H3,(H,12,14). The van der Waals surface area contributed by atoms with Crippen LogP contribution in [0.4, 0.5) is 5.69 Å². The van der Waals surface area contributed by atoms with Gasteiger partial charge in [-0.1, -0.05) is 18.2 Å². The molecule has 0 heterocycles. The summed E-state index contributed by atoms with van der Waals surface area (Å²) in [6, 6.07) is 9.26. The number of carbonyl (C=O) groups excluding carboxylic acids is 1. The minimum Gasteiger partial charge on any atom is -0.324 e. The van der Waals surface area contributed by atoms with Gasteiger partial charge in [-0.25, -0.2) is 5.43 Å². The van der Waals surface area contributed by atoms with E-state index in [9.17, 15) is 4.79 Å². The summed E-state index contributed by atoms with van der Waals surface area (Å²) in [5, 5.41) is 2.75. The van der Waals surface area contributed by atoms with Gasteiger partial charge in [0.25, 0.3) is 0 Å². The summed E-state index contributed by atoms with van der Waals surface area (Å²) < 4.78 is 0. The summed E-state index contributed by atoms with van der Waals surface area (Å²) in [6.07, 6.45) is 0. The highest BCUT2D eigenvalue weighted by Crippen LogP contribution is 2.09. The van der Waals surface area contributed by atoms with Crippen molar-refractivity contribution in [3.8, 4) is 0 Å². The van der Waals surface area contributed by atoms with E-state index in [-0.39, 0.29) is 5.91 Å². The average Bonchev–Trinajstić information content (AvgIpc) is 2.19. The largest absolute Gasteiger partial charge is 0.324 e. The fourth-order valence-corrected chi connectivity index (χ4v) is 0.874. The van der Waals surface area contributed by atoms with Gasteiger partial charge in [0.1, 0.15) is 5.54 Å². The monoisotopic (exact) mass is 193 g/mol. The molecule has 1 amide bonds. The zero-order chi connectivity index (χ0) is 10.6. The lowest BCUT2D eigenvalue weighted by Gasteiger charge is -2.22. The van der Waals surface area contributed by atoms with Gasteiger partial charge in [-0.05, 0) is 26.0 Å². The number of hydrogen-bond acceptors (Lipinski definition) is 3. The third-order valence-electron chi connectivity index (χ3n) is 1.96. The van der Waals surface area contributed by atoms with E-state index in [2.05, 4.69) is 10.7 Å². The third-order valence-corrected chi connectivity index (χ3v) is 1.96. The van der Waals surface area contributed by atoms with Crippen LogP contribution in [0.2, 0.25) is 0 Å². The molecule has 0 radical (unpaired) electrons. The van der Waals surface area contributed by atoms with Crippen molar-refractivity contribution in [2.24, 2.45) is 5.84 Å². The highest BCUT2D eigenvalue weighted by molar-refractivity contribution is 5.97. The Morgan fingerprint density at radius 2 is 1.86 bits per heavy atom. The maximum atomic E-state index is 11.6. The maximum Gasteiger partial charge on any atom is 0.245 e. The van der Waals surface area contributed by atoms with Gasteiger partial charge < -0.3 is 5.32 Å². The molecule has 1 aromatic carbocycles. The van der Waals surface area contributed by atoms with Crippen LogP contribution in [0.1, 0.15) is 13.8 Å². The summed E-state index contributed by atoms with van der Waals surface area (Å²) in [5.74, 6) is 5.09. The molecule has 0 spiro atoms. The number of carbonyl (C=O) groups is 1. The number of nitrogens with one attached hydrogen (secondary N) is 2. The van der Waals surface area contributed by atoms with Crippen molar-refractivity contribution in [3.63, 3.8) is 0 Å². The lowest BCUT2D eigenvalue weighted by atomic mass is 10.1. The smallest absolute Gasteiger partial charge is 0.245 e. The first-order valence-electron chi connectivity index (χ1n) is 4.40. The molecule has 76 valence electrons. The Morgan fingerprint density at radius 3 is 2.36 bits per heavy atom. The van der Waals surface area contributed by atoms with Crippen LogP contribution in [0.25, 0.3) is 0 Å². The highest BCUT2D eigenvalue weighted by Gasteiger charge is 2.25. The van der Waals surface area contributed by atoms with Crippen LogP contribution in [0.15, 0.2) is 30.3 Å². The number of nitrogens with two attached hydrogens (primary N) is 1. The topological polar surface area (TPSA) is 67.1 Å². The number of hydrogen-bond donors (Lipinski definition) is 3. The van der Waals surface area contributed by atoms with E-state index < -0.39 is 5.54 Å². The Hall–Kier alpha value is -1.39. The second-order valence-electron chi connectivity index (χ2n) is 3.59. The van der Waals surface area contributed by atoms with Crippen LogP contribution in [-0.4, -0.2) is 11.4 Å². The Morgan fingerprint density at radius 1 is 1.29 bits per heavy atom. The highest BCUT2D eigenvalue weighted by atomic mass is 16.2. The summed E-state index contributed by atoms with van der Waals surface area (Å²) >= 11 is 0. The van der Waals surface area contributed by atoms with Gasteiger partial charge >= 0.3 is 0 Å². The summed E-state index contributed by atoms with van der Waals surface area (Å²) in [6.45, 7) is 3.43. The van der Waals surface area contributed by atoms with E-state index >= 15 is 0 Å². The molecule has 0 saturated carbocycles. The normalized spacial score (nSPS) is 11.1. The van der Waals surface area contributed by atoms with E-state index in [1.54, 1.807) is 13.8 Å². The van der Waals surface area contributed by atoms with Gasteiger partial charge in [0, 0.05) is 5.69 Å². The molecule has 4 N–H and O–H groups in total. The molecule has 0 fully saturated rings.